The molecule has 0 aromatic carbocycles. The average Bonchev–Trinajstić information content (AvgIpc) is 2.85. The maximum Gasteiger partial charge on any atom is 0.0715 e. The van der Waals surface area contributed by atoms with Gasteiger partial charge >= 0.3 is 0 Å². The van der Waals surface area contributed by atoms with Gasteiger partial charge in [0.15, 0.2) is 0 Å². The number of hydrogen-bond donors (Lipinski definition) is 6. The second-order valence-corrected chi connectivity index (χ2v) is 22.2. The molecule has 0 rings (SSSR count). The molecule has 0 aromatic heterocycles. The highest BCUT2D eigenvalue weighted by molar-refractivity contribution is 4.77. The van der Waals surface area contributed by atoms with Crippen LogP contribution in [0.15, 0.2) is 0 Å². The Hall–Kier alpha value is -0.320. The van der Waals surface area contributed by atoms with Crippen LogP contribution in [0.1, 0.15) is 194 Å². The van der Waals surface area contributed by atoms with Gasteiger partial charge in [-0.3, -0.25) is 4.90 Å². The van der Waals surface area contributed by atoms with Gasteiger partial charge in [0.25, 0.3) is 0 Å². The summed E-state index contributed by atoms with van der Waals surface area (Å²) in [5, 5.41) is 25.4. The van der Waals surface area contributed by atoms with Crippen molar-refractivity contribution < 1.29 is 5.11 Å². The molecule has 0 aliphatic rings. The number of nitrogens with one attached hydrogen (secondary N) is 5. The molecule has 0 heterocycles. The van der Waals surface area contributed by atoms with E-state index in [1.54, 1.807) is 13.8 Å². The van der Waals surface area contributed by atoms with Crippen LogP contribution >= 0.6 is 0 Å². The minimum atomic E-state index is -0.604. The maximum atomic E-state index is 9.32. The largest absolute Gasteiger partial charge is 0.389 e. The van der Waals surface area contributed by atoms with E-state index in [0.29, 0.717) is 40.3 Å². The topological polar surface area (TPSA) is 86.9 Å². The molecule has 0 aliphatic carbocycles. The predicted octanol–water partition coefficient (Wildman–Crippen LogP) is 9.80. The van der Waals surface area contributed by atoms with Crippen LogP contribution in [0, 0.1) is 0 Å². The molecule has 0 saturated carbocycles. The Morgan fingerprint density at radius 1 is 0.472 bits per heavy atom. The summed E-state index contributed by atoms with van der Waals surface area (Å²) in [7, 11) is 8.08. The monoisotopic (exact) mass is 766 g/mol. The highest BCUT2D eigenvalue weighted by atomic mass is 16.3. The molecule has 0 aliphatic heterocycles. The Kier molecular flexibility index (Phi) is 39.1. The van der Waals surface area contributed by atoms with E-state index in [1.807, 2.05) is 14.1 Å². The van der Waals surface area contributed by atoms with Crippen molar-refractivity contribution in [3.8, 4) is 0 Å². The molecule has 0 spiro atoms. The van der Waals surface area contributed by atoms with Gasteiger partial charge in [-0.25, -0.2) is 0 Å². The Morgan fingerprint density at radius 3 is 0.755 bits per heavy atom. The van der Waals surface area contributed by atoms with Crippen LogP contribution in [0.3, 0.4) is 0 Å². The molecular weight excluding hydrogens is 655 g/mol. The molecule has 332 valence electrons. The van der Waals surface area contributed by atoms with Gasteiger partial charge in [-0.2, -0.15) is 0 Å². The van der Waals surface area contributed by atoms with E-state index in [4.69, 9.17) is 0 Å². The first-order chi connectivity index (χ1) is 22.8. The van der Waals surface area contributed by atoms with Gasteiger partial charge in [0, 0.05) is 51.4 Å². The molecule has 53 heavy (non-hydrogen) atoms. The zero-order valence-electron chi connectivity index (χ0n) is 43.2. The Bertz CT molecular complexity index is 723. The predicted molar refractivity (Wildman–Crippen MR) is 249 cm³/mol. The summed E-state index contributed by atoms with van der Waals surface area (Å²) in [5.74, 6) is 0. The molecule has 0 radical (unpaired) electrons. The zero-order chi connectivity index (χ0) is 45.1. The summed E-state index contributed by atoms with van der Waals surface area (Å²) in [6, 6.07) is 0.593. The van der Waals surface area contributed by atoms with Crippen LogP contribution in [0.25, 0.3) is 0 Å². The van der Waals surface area contributed by atoms with Crippen LogP contribution in [0.4, 0.5) is 0 Å². The Labute approximate surface area is 339 Å². The van der Waals surface area contributed by atoms with Gasteiger partial charge in [-0.15, -0.1) is 0 Å². The first-order valence-electron chi connectivity index (χ1n) is 20.6. The fourth-order valence-electron chi connectivity index (χ4n) is 3.05. The zero-order valence-corrected chi connectivity index (χ0v) is 43.2. The third-order valence-corrected chi connectivity index (χ3v) is 7.03. The maximum absolute atomic E-state index is 9.32. The number of rotatable bonds is 6. The highest BCUT2D eigenvalue weighted by Crippen LogP contribution is 2.11. The molecule has 8 nitrogen and oxygen atoms in total. The van der Waals surface area contributed by atoms with Crippen molar-refractivity contribution in [1.82, 2.24) is 36.4 Å². The molecular formula is C45H111N7O. The lowest BCUT2D eigenvalue weighted by Gasteiger charge is -2.33. The average molecular weight is 766 g/mol. The lowest BCUT2D eigenvalue weighted by molar-refractivity contribution is 0.0724. The quantitative estimate of drug-likeness (QED) is 0.160. The van der Waals surface area contributed by atoms with Crippen molar-refractivity contribution in [2.24, 2.45) is 0 Å². The van der Waals surface area contributed by atoms with Crippen LogP contribution in [-0.4, -0.2) is 120 Å². The molecule has 0 saturated heterocycles. The highest BCUT2D eigenvalue weighted by Gasteiger charge is 2.17. The summed E-state index contributed by atoms with van der Waals surface area (Å²) < 4.78 is 0. The first-order valence-corrected chi connectivity index (χ1v) is 20.6. The molecule has 0 atom stereocenters. The summed E-state index contributed by atoms with van der Waals surface area (Å²) >= 11 is 0. The second-order valence-electron chi connectivity index (χ2n) is 22.2. The molecule has 0 unspecified atom stereocenters. The minimum Gasteiger partial charge on any atom is -0.389 e. The summed E-state index contributed by atoms with van der Waals surface area (Å²) in [5.41, 5.74) is 1.33. The number of β-amino-alcohol motifs (C(OH)–C–C–N with tert-alkyl or cyclic N) is 1. The van der Waals surface area contributed by atoms with E-state index in [1.165, 1.54) is 0 Å². The van der Waals surface area contributed by atoms with Crippen molar-refractivity contribution in [3.63, 3.8) is 0 Å². The van der Waals surface area contributed by atoms with E-state index in [2.05, 4.69) is 230 Å². The smallest absolute Gasteiger partial charge is 0.0715 e. The second kappa shape index (κ2) is 30.8. The fraction of sp³-hybridized carbons (Fsp3) is 1.00. The number of nitrogens with zero attached hydrogens (tertiary/aromatic N) is 2. The normalized spacial score (nSPS) is 12.7. The van der Waals surface area contributed by atoms with Gasteiger partial charge in [-0.05, 0) is 207 Å². The van der Waals surface area contributed by atoms with Gasteiger partial charge < -0.3 is 36.6 Å². The molecule has 0 aromatic rings. The van der Waals surface area contributed by atoms with Crippen molar-refractivity contribution >= 4 is 0 Å². The third kappa shape index (κ3) is 89.8. The van der Waals surface area contributed by atoms with E-state index in [9.17, 15) is 5.11 Å². The van der Waals surface area contributed by atoms with Crippen molar-refractivity contribution in [2.45, 2.75) is 244 Å². The van der Waals surface area contributed by atoms with Crippen molar-refractivity contribution in [1.29, 1.82) is 0 Å². The summed E-state index contributed by atoms with van der Waals surface area (Å²) in [6.45, 7) is 63.8. The fourth-order valence-corrected chi connectivity index (χ4v) is 3.05. The molecule has 0 bridgehead atoms. The van der Waals surface area contributed by atoms with Gasteiger partial charge in [0.2, 0.25) is 0 Å². The summed E-state index contributed by atoms with van der Waals surface area (Å²) in [4.78, 5) is 4.62. The molecule has 0 fully saturated rings. The van der Waals surface area contributed by atoms with E-state index < -0.39 is 5.60 Å². The Balaban J connectivity index is -0.0000000939. The van der Waals surface area contributed by atoms with Crippen molar-refractivity contribution in [3.05, 3.63) is 0 Å². The van der Waals surface area contributed by atoms with E-state index in [0.717, 1.165) is 19.6 Å². The third-order valence-electron chi connectivity index (χ3n) is 7.03. The lowest BCUT2D eigenvalue weighted by Crippen LogP contribution is -2.44. The van der Waals surface area contributed by atoms with Gasteiger partial charge in [0.1, 0.15) is 0 Å². The van der Waals surface area contributed by atoms with Crippen molar-refractivity contribution in [2.75, 3.05) is 54.4 Å². The SMILES string of the molecule is CC(C)(O)CNC(C)(C)C.CC(C)NC(C)(C)C.CCN(CC)C(C)(C)C.CCNC(C)(C)C.CN(C)C(C)(C)C.CNC(C)(C)C.CNC(C)(C)C. The number of aliphatic hydroxyl groups is 1. The number of hydrogen-bond acceptors (Lipinski definition) is 8. The first kappa shape index (κ1) is 67.4. The van der Waals surface area contributed by atoms with E-state index in [-0.39, 0.29) is 11.1 Å². The molecule has 8 heteroatoms. The van der Waals surface area contributed by atoms with Gasteiger partial charge in [-0.1, -0.05) is 34.6 Å². The van der Waals surface area contributed by atoms with Crippen LogP contribution < -0.4 is 26.6 Å². The van der Waals surface area contributed by atoms with Gasteiger partial charge in [0.05, 0.1) is 5.60 Å². The van der Waals surface area contributed by atoms with E-state index >= 15 is 0 Å². The minimum absolute atomic E-state index is 0.0972. The standard InChI is InChI=1S/C8H19NO.C8H19N.C7H17N.2C6H15N.2C5H13N/c1-7(2,3)9-6-8(4,5)10;1-6-9(7-2)8(3,4)5;1-6(2)8-7(3,4)5;1-6(2,3)7(4)5;1-5-7-6(2,3)4;2*1-5(2,3)6-4/h9-10H,6H2,1-5H3;6-7H2,1-5H3;6,8H,1-5H3;1-5H3;7H,5H2,1-4H3;2*6H,1-4H3. The van der Waals surface area contributed by atoms with Crippen LogP contribution in [0.5, 0.6) is 0 Å². The molecule has 6 N–H and O–H groups in total. The van der Waals surface area contributed by atoms with Crippen LogP contribution in [-0.2, 0) is 0 Å². The molecule has 0 amide bonds. The van der Waals surface area contributed by atoms with Crippen LogP contribution in [0.2, 0.25) is 0 Å². The lowest BCUT2D eigenvalue weighted by atomic mass is 10.1. The summed E-state index contributed by atoms with van der Waals surface area (Å²) in [6.07, 6.45) is 0. The Morgan fingerprint density at radius 2 is 0.736 bits per heavy atom.